The van der Waals surface area contributed by atoms with Crippen LogP contribution in [0.25, 0.3) is 0 Å². The number of ether oxygens (including phenoxy) is 2. The number of fused-ring (bicyclic) bond motifs is 5. The van der Waals surface area contributed by atoms with Crippen LogP contribution >= 0.6 is 46.4 Å². The van der Waals surface area contributed by atoms with E-state index in [2.05, 4.69) is 0 Å². The molecular formula is C14H12Cl4O4. The molecule has 0 heterocycles. The number of ketones is 2. The Morgan fingerprint density at radius 2 is 1.45 bits per heavy atom. The number of methoxy groups -OCH3 is 2. The van der Waals surface area contributed by atoms with E-state index < -0.39 is 27.4 Å². The zero-order valence-electron chi connectivity index (χ0n) is 11.9. The van der Waals surface area contributed by atoms with E-state index in [0.29, 0.717) is 5.57 Å². The highest BCUT2D eigenvalue weighted by atomic mass is 35.5. The van der Waals surface area contributed by atoms with Gasteiger partial charge in [-0.05, 0) is 18.6 Å². The van der Waals surface area contributed by atoms with Crippen LogP contribution in [0.3, 0.4) is 0 Å². The molecule has 1 fully saturated rings. The molecule has 3 aliphatic rings. The minimum atomic E-state index is -1.73. The number of Topliss-reactive ketones (excluding diaryl/α,β-unsaturated/α-hetero) is 1. The average Bonchev–Trinajstić information content (AvgIpc) is 2.73. The molecule has 0 aliphatic heterocycles. The second-order valence-corrected chi connectivity index (χ2v) is 7.57. The molecular weight excluding hydrogens is 374 g/mol. The fourth-order valence-electron chi connectivity index (χ4n) is 4.00. The van der Waals surface area contributed by atoms with Gasteiger partial charge in [-0.25, -0.2) is 0 Å². The lowest BCUT2D eigenvalue weighted by atomic mass is 9.72. The molecule has 120 valence electrons. The highest BCUT2D eigenvalue weighted by Crippen LogP contribution is 2.74. The van der Waals surface area contributed by atoms with Gasteiger partial charge in [0.25, 0.3) is 0 Å². The predicted molar refractivity (Wildman–Crippen MR) is 83.4 cm³/mol. The van der Waals surface area contributed by atoms with Gasteiger partial charge in [-0.3, -0.25) is 9.59 Å². The molecule has 8 heteroatoms. The molecule has 0 spiro atoms. The first-order valence-electron chi connectivity index (χ1n) is 6.45. The van der Waals surface area contributed by atoms with Gasteiger partial charge in [0.05, 0.1) is 21.9 Å². The number of carbonyl (C=O) groups excluding carboxylic acids is 2. The number of carbonyl (C=O) groups is 2. The van der Waals surface area contributed by atoms with E-state index in [0.717, 1.165) is 0 Å². The Kier molecular flexibility index (Phi) is 3.59. The third kappa shape index (κ3) is 1.38. The zero-order valence-corrected chi connectivity index (χ0v) is 14.9. The van der Waals surface area contributed by atoms with E-state index in [1.807, 2.05) is 0 Å². The molecule has 0 radical (unpaired) electrons. The lowest BCUT2D eigenvalue weighted by molar-refractivity contribution is -0.220. The molecule has 0 aromatic carbocycles. The summed E-state index contributed by atoms with van der Waals surface area (Å²) in [5.74, 6) is -4.39. The summed E-state index contributed by atoms with van der Waals surface area (Å²) in [7, 11) is 2.65. The molecule has 22 heavy (non-hydrogen) atoms. The predicted octanol–water partition coefficient (Wildman–Crippen LogP) is 2.98. The second-order valence-electron chi connectivity index (χ2n) is 5.63. The van der Waals surface area contributed by atoms with Crippen molar-refractivity contribution in [1.29, 1.82) is 0 Å². The van der Waals surface area contributed by atoms with Gasteiger partial charge in [0.2, 0.25) is 5.79 Å². The zero-order chi connectivity index (χ0) is 16.7. The van der Waals surface area contributed by atoms with E-state index in [-0.39, 0.29) is 21.6 Å². The van der Waals surface area contributed by atoms with E-state index in [4.69, 9.17) is 55.9 Å². The third-order valence-electron chi connectivity index (χ3n) is 4.89. The van der Waals surface area contributed by atoms with Crippen LogP contribution in [-0.2, 0) is 19.1 Å². The van der Waals surface area contributed by atoms with Crippen LogP contribution < -0.4 is 0 Å². The summed E-state index contributed by atoms with van der Waals surface area (Å²) in [6.45, 7) is 1.55. The van der Waals surface area contributed by atoms with Gasteiger partial charge in [-0.15, -0.1) is 23.2 Å². The Morgan fingerprint density at radius 3 is 1.91 bits per heavy atom. The molecule has 0 amide bonds. The number of alkyl halides is 2. The maximum absolute atomic E-state index is 12.7. The highest BCUT2D eigenvalue weighted by Gasteiger charge is 2.87. The maximum atomic E-state index is 12.7. The number of hydrogen-bond donors (Lipinski definition) is 0. The van der Waals surface area contributed by atoms with Crippen LogP contribution in [-0.4, -0.2) is 41.3 Å². The van der Waals surface area contributed by atoms with Crippen molar-refractivity contribution in [1.82, 2.24) is 0 Å². The van der Waals surface area contributed by atoms with Crippen LogP contribution in [0.4, 0.5) is 0 Å². The lowest BCUT2D eigenvalue weighted by Gasteiger charge is -2.40. The van der Waals surface area contributed by atoms with Crippen LogP contribution in [0.2, 0.25) is 0 Å². The molecule has 0 N–H and O–H groups in total. The molecule has 3 rings (SSSR count). The van der Waals surface area contributed by atoms with Gasteiger partial charge >= 0.3 is 0 Å². The lowest BCUT2D eigenvalue weighted by Crippen LogP contribution is -2.58. The van der Waals surface area contributed by atoms with Crippen LogP contribution in [0.1, 0.15) is 6.92 Å². The van der Waals surface area contributed by atoms with Crippen molar-refractivity contribution in [3.63, 3.8) is 0 Å². The van der Waals surface area contributed by atoms with Gasteiger partial charge in [-0.2, -0.15) is 0 Å². The summed E-state index contributed by atoms with van der Waals surface area (Å²) in [5.41, 5.74) is 0.292. The molecule has 0 unspecified atom stereocenters. The van der Waals surface area contributed by atoms with Crippen LogP contribution in [0, 0.1) is 11.8 Å². The van der Waals surface area contributed by atoms with Crippen molar-refractivity contribution in [2.24, 2.45) is 11.8 Å². The monoisotopic (exact) mass is 384 g/mol. The standard InChI is InChI=1S/C14H12Cl4O4/c1-5-4-6(19)7-8(9(5)20)13(18)11(16)10(15)12(7,17)14(13,21-2)22-3/h4,7-8H,1-3H3/t7-,8-,12-,13+/m0/s1. The number of allylic oxidation sites excluding steroid dienone is 2. The van der Waals surface area contributed by atoms with Gasteiger partial charge in [-0.1, -0.05) is 23.2 Å². The minimum absolute atomic E-state index is 0.0216. The summed E-state index contributed by atoms with van der Waals surface area (Å²) in [6, 6.07) is 0. The van der Waals surface area contributed by atoms with E-state index >= 15 is 0 Å². The van der Waals surface area contributed by atoms with Gasteiger partial charge < -0.3 is 9.47 Å². The van der Waals surface area contributed by atoms with Crippen molar-refractivity contribution < 1.29 is 19.1 Å². The fraction of sp³-hybridized carbons (Fsp3) is 0.571. The Hall–Kier alpha value is -0.100. The molecule has 1 saturated carbocycles. The SMILES string of the molecule is COC1(OC)[C@@]2(Cl)C(Cl)=C(Cl)[C@]1(Cl)[C@@H]1C(=O)C(C)=CC(=O)[C@@H]12. The topological polar surface area (TPSA) is 52.6 Å². The second kappa shape index (κ2) is 4.71. The van der Waals surface area contributed by atoms with Crippen LogP contribution in [0.5, 0.6) is 0 Å². The van der Waals surface area contributed by atoms with Crippen molar-refractivity contribution in [2.75, 3.05) is 14.2 Å². The summed E-state index contributed by atoms with van der Waals surface area (Å²) in [5, 5.41) is -0.0449. The first-order chi connectivity index (χ1) is 10.1. The number of halogens is 4. The first-order valence-corrected chi connectivity index (χ1v) is 7.97. The van der Waals surface area contributed by atoms with E-state index in [9.17, 15) is 9.59 Å². The molecule has 4 nitrogen and oxygen atoms in total. The van der Waals surface area contributed by atoms with Crippen molar-refractivity contribution >= 4 is 58.0 Å². The Morgan fingerprint density at radius 1 is 1.00 bits per heavy atom. The molecule has 4 atom stereocenters. The fourth-order valence-corrected chi connectivity index (χ4v) is 6.19. The quantitative estimate of drug-likeness (QED) is 0.541. The summed E-state index contributed by atoms with van der Waals surface area (Å²) in [6.07, 6.45) is 1.25. The normalized spacial score (nSPS) is 42.8. The maximum Gasteiger partial charge on any atom is 0.218 e. The molecule has 0 aromatic heterocycles. The Bertz CT molecular complexity index is 666. The first kappa shape index (κ1) is 16.7. The molecule has 3 aliphatic carbocycles. The van der Waals surface area contributed by atoms with E-state index in [1.165, 1.54) is 20.3 Å². The molecule has 0 aromatic rings. The van der Waals surface area contributed by atoms with Gasteiger partial charge in [0, 0.05) is 14.2 Å². The largest absolute Gasteiger partial charge is 0.350 e. The summed E-state index contributed by atoms with van der Waals surface area (Å²) < 4.78 is 11.0. The van der Waals surface area contributed by atoms with Gasteiger partial charge in [0.1, 0.15) is 9.75 Å². The summed E-state index contributed by atoms with van der Waals surface area (Å²) >= 11 is 26.1. The third-order valence-corrected chi connectivity index (χ3v) is 7.50. The summed E-state index contributed by atoms with van der Waals surface area (Å²) in [4.78, 5) is 21.9. The minimum Gasteiger partial charge on any atom is -0.350 e. The molecule has 0 saturated heterocycles. The highest BCUT2D eigenvalue weighted by molar-refractivity contribution is 6.53. The molecule has 2 bridgehead atoms. The van der Waals surface area contributed by atoms with Crippen molar-refractivity contribution in [3.8, 4) is 0 Å². The average molecular weight is 386 g/mol. The Balaban J connectivity index is 2.39. The van der Waals surface area contributed by atoms with E-state index in [1.54, 1.807) is 6.92 Å². The Labute approximate surface area is 147 Å². The van der Waals surface area contributed by atoms with Crippen molar-refractivity contribution in [2.45, 2.75) is 22.5 Å². The number of rotatable bonds is 2. The van der Waals surface area contributed by atoms with Crippen molar-refractivity contribution in [3.05, 3.63) is 21.7 Å². The van der Waals surface area contributed by atoms with Gasteiger partial charge in [0.15, 0.2) is 11.6 Å². The van der Waals surface area contributed by atoms with Crippen LogP contribution in [0.15, 0.2) is 21.7 Å². The number of hydrogen-bond acceptors (Lipinski definition) is 4. The smallest absolute Gasteiger partial charge is 0.218 e.